The van der Waals surface area contributed by atoms with Crippen LogP contribution in [0.25, 0.3) is 10.9 Å². The normalized spacial score (nSPS) is 14.4. The molecule has 1 amide bonds. The van der Waals surface area contributed by atoms with Crippen molar-refractivity contribution in [2.45, 2.75) is 20.0 Å². The van der Waals surface area contributed by atoms with Crippen LogP contribution >= 0.6 is 0 Å². The summed E-state index contributed by atoms with van der Waals surface area (Å²) in [5.74, 6) is -0.213. The smallest absolute Gasteiger partial charge is 0.369 e. The molecule has 0 saturated carbocycles. The van der Waals surface area contributed by atoms with Gasteiger partial charge in [0.1, 0.15) is 0 Å². The van der Waals surface area contributed by atoms with Crippen LogP contribution in [0.4, 0.5) is 30.2 Å². The molecule has 1 aliphatic rings. The number of aromatic nitrogens is 1. The van der Waals surface area contributed by atoms with Crippen molar-refractivity contribution >= 4 is 33.9 Å². The SMILES string of the molecule is Cc1ccc(N2CCN(CCNC(=O)c3ccccc3Nc3ccnc4cc(C(F)(F)F)ccc34)CC2)c(C)c1. The highest BCUT2D eigenvalue weighted by Gasteiger charge is 2.30. The quantitative estimate of drug-likeness (QED) is 0.290. The number of amides is 1. The van der Waals surface area contributed by atoms with Crippen LogP contribution in [-0.2, 0) is 6.18 Å². The monoisotopic (exact) mass is 547 g/mol. The zero-order chi connectivity index (χ0) is 28.3. The zero-order valence-corrected chi connectivity index (χ0v) is 22.6. The van der Waals surface area contributed by atoms with Crippen LogP contribution in [0.15, 0.2) is 72.9 Å². The van der Waals surface area contributed by atoms with Gasteiger partial charge in [-0.3, -0.25) is 14.7 Å². The molecule has 208 valence electrons. The Labute approximate surface area is 231 Å². The van der Waals surface area contributed by atoms with Gasteiger partial charge in [0.15, 0.2) is 0 Å². The molecule has 2 heterocycles. The lowest BCUT2D eigenvalue weighted by Gasteiger charge is -2.36. The Morgan fingerprint density at radius 3 is 2.45 bits per heavy atom. The van der Waals surface area contributed by atoms with Gasteiger partial charge in [-0.2, -0.15) is 13.2 Å². The molecule has 2 N–H and O–H groups in total. The van der Waals surface area contributed by atoms with Gasteiger partial charge in [0, 0.05) is 62.2 Å². The first kappa shape index (κ1) is 27.5. The number of piperazine rings is 1. The van der Waals surface area contributed by atoms with Crippen LogP contribution in [0.5, 0.6) is 0 Å². The summed E-state index contributed by atoms with van der Waals surface area (Å²) in [6.07, 6.45) is -2.99. The van der Waals surface area contributed by atoms with Crippen molar-refractivity contribution in [1.82, 2.24) is 15.2 Å². The summed E-state index contributed by atoms with van der Waals surface area (Å²) in [7, 11) is 0. The summed E-state index contributed by atoms with van der Waals surface area (Å²) in [5.41, 5.74) is 4.90. The number of pyridine rings is 1. The molecule has 4 aromatic rings. The summed E-state index contributed by atoms with van der Waals surface area (Å²) < 4.78 is 39.4. The molecule has 0 radical (unpaired) electrons. The number of hydrogen-bond acceptors (Lipinski definition) is 5. The van der Waals surface area contributed by atoms with E-state index >= 15 is 0 Å². The molecule has 0 aliphatic carbocycles. The fourth-order valence-electron chi connectivity index (χ4n) is 5.16. The molecule has 0 unspecified atom stereocenters. The second kappa shape index (κ2) is 11.6. The highest BCUT2D eigenvalue weighted by atomic mass is 19.4. The van der Waals surface area contributed by atoms with E-state index in [0.29, 0.717) is 28.9 Å². The molecule has 0 atom stereocenters. The fourth-order valence-corrected chi connectivity index (χ4v) is 5.16. The second-order valence-corrected chi connectivity index (χ2v) is 10.1. The maximum absolute atomic E-state index is 13.1. The van der Waals surface area contributed by atoms with E-state index in [1.165, 1.54) is 29.1 Å². The predicted octanol–water partition coefficient (Wildman–Crippen LogP) is 6.17. The number of nitrogens with one attached hydrogen (secondary N) is 2. The first-order chi connectivity index (χ1) is 19.2. The second-order valence-electron chi connectivity index (χ2n) is 10.1. The van der Waals surface area contributed by atoms with Crippen molar-refractivity contribution in [3.8, 4) is 0 Å². The van der Waals surface area contributed by atoms with Crippen LogP contribution in [0.3, 0.4) is 0 Å². The minimum absolute atomic E-state index is 0.213. The number of carbonyl (C=O) groups is 1. The highest BCUT2D eigenvalue weighted by molar-refractivity contribution is 6.02. The lowest BCUT2D eigenvalue weighted by Crippen LogP contribution is -2.48. The van der Waals surface area contributed by atoms with Crippen molar-refractivity contribution in [3.63, 3.8) is 0 Å². The van der Waals surface area contributed by atoms with Gasteiger partial charge in [-0.25, -0.2) is 0 Å². The van der Waals surface area contributed by atoms with E-state index in [2.05, 4.69) is 57.5 Å². The maximum Gasteiger partial charge on any atom is 0.416 e. The Balaban J connectivity index is 1.19. The van der Waals surface area contributed by atoms with Crippen molar-refractivity contribution in [3.05, 3.63) is 95.2 Å². The molecule has 0 bridgehead atoms. The van der Waals surface area contributed by atoms with Crippen LogP contribution in [0.2, 0.25) is 0 Å². The number of benzene rings is 3. The number of rotatable bonds is 7. The third-order valence-corrected chi connectivity index (χ3v) is 7.29. The van der Waals surface area contributed by atoms with E-state index in [-0.39, 0.29) is 11.4 Å². The predicted molar refractivity (Wildman–Crippen MR) is 153 cm³/mol. The standard InChI is InChI=1S/C31H32F3N5O/c1-21-7-10-29(22(2)19-21)39-17-15-38(16-18-39)14-13-36-30(40)25-5-3-4-6-26(25)37-27-11-12-35-28-20-23(31(32,33)34)8-9-24(27)28/h3-12,19-20H,13-18H2,1-2H3,(H,35,37)(H,36,40). The van der Waals surface area contributed by atoms with Crippen molar-refractivity contribution in [2.24, 2.45) is 0 Å². The molecule has 1 saturated heterocycles. The molecule has 5 rings (SSSR count). The third kappa shape index (κ3) is 6.20. The van der Waals surface area contributed by atoms with E-state index in [1.54, 1.807) is 30.3 Å². The first-order valence-corrected chi connectivity index (χ1v) is 13.3. The third-order valence-electron chi connectivity index (χ3n) is 7.29. The zero-order valence-electron chi connectivity index (χ0n) is 22.6. The number of hydrogen-bond donors (Lipinski definition) is 2. The number of nitrogens with zero attached hydrogens (tertiary/aromatic N) is 3. The largest absolute Gasteiger partial charge is 0.416 e. The Hall–Kier alpha value is -4.11. The maximum atomic E-state index is 13.1. The first-order valence-electron chi connectivity index (χ1n) is 13.3. The Morgan fingerprint density at radius 2 is 1.70 bits per heavy atom. The van der Waals surface area contributed by atoms with Crippen LogP contribution in [-0.4, -0.2) is 55.1 Å². The average molecular weight is 548 g/mol. The van der Waals surface area contributed by atoms with Crippen molar-refractivity contribution < 1.29 is 18.0 Å². The van der Waals surface area contributed by atoms with E-state index in [1.807, 2.05) is 0 Å². The number of fused-ring (bicyclic) bond motifs is 1. The number of halogens is 3. The molecule has 6 nitrogen and oxygen atoms in total. The Bertz CT molecular complexity index is 1510. The molecule has 3 aromatic carbocycles. The van der Waals surface area contributed by atoms with Crippen LogP contribution < -0.4 is 15.5 Å². The lowest BCUT2D eigenvalue weighted by molar-refractivity contribution is -0.137. The summed E-state index contributed by atoms with van der Waals surface area (Å²) in [4.78, 5) is 22.0. The van der Waals surface area contributed by atoms with Crippen LogP contribution in [0, 0.1) is 13.8 Å². The molecule has 1 aliphatic heterocycles. The van der Waals surface area contributed by atoms with Gasteiger partial charge >= 0.3 is 6.18 Å². The van der Waals surface area contributed by atoms with E-state index in [0.717, 1.165) is 44.9 Å². The average Bonchev–Trinajstić information content (AvgIpc) is 2.93. The number of para-hydroxylation sites is 1. The Morgan fingerprint density at radius 1 is 0.925 bits per heavy atom. The topological polar surface area (TPSA) is 60.5 Å². The number of carbonyl (C=O) groups excluding carboxylic acids is 1. The highest BCUT2D eigenvalue weighted by Crippen LogP contribution is 2.33. The van der Waals surface area contributed by atoms with E-state index < -0.39 is 11.7 Å². The van der Waals surface area contributed by atoms with Gasteiger partial charge in [0.2, 0.25) is 0 Å². The molecular formula is C31H32F3N5O. The number of anilines is 3. The summed E-state index contributed by atoms with van der Waals surface area (Å²) in [5, 5.41) is 6.78. The van der Waals surface area contributed by atoms with E-state index in [4.69, 9.17) is 0 Å². The van der Waals surface area contributed by atoms with Crippen LogP contribution in [0.1, 0.15) is 27.0 Å². The Kier molecular flexibility index (Phi) is 7.93. The van der Waals surface area contributed by atoms with Gasteiger partial charge in [-0.05, 0) is 55.8 Å². The van der Waals surface area contributed by atoms with Gasteiger partial charge in [0.25, 0.3) is 5.91 Å². The van der Waals surface area contributed by atoms with E-state index in [9.17, 15) is 18.0 Å². The van der Waals surface area contributed by atoms with Gasteiger partial charge in [-0.1, -0.05) is 35.9 Å². The van der Waals surface area contributed by atoms with Crippen molar-refractivity contribution in [1.29, 1.82) is 0 Å². The molecule has 0 spiro atoms. The fraction of sp³-hybridized carbons (Fsp3) is 0.290. The van der Waals surface area contributed by atoms with Crippen molar-refractivity contribution in [2.75, 3.05) is 49.5 Å². The molecule has 9 heteroatoms. The summed E-state index contributed by atoms with van der Waals surface area (Å²) >= 11 is 0. The summed E-state index contributed by atoms with van der Waals surface area (Å²) in [6.45, 7) is 9.24. The molecule has 40 heavy (non-hydrogen) atoms. The number of alkyl halides is 3. The minimum atomic E-state index is -4.45. The van der Waals surface area contributed by atoms with Gasteiger partial charge < -0.3 is 15.5 Å². The molecule has 1 fully saturated rings. The number of aryl methyl sites for hydroxylation is 2. The summed E-state index contributed by atoms with van der Waals surface area (Å²) in [6, 6.07) is 18.8. The van der Waals surface area contributed by atoms with Gasteiger partial charge in [-0.15, -0.1) is 0 Å². The molecular weight excluding hydrogens is 515 g/mol. The lowest BCUT2D eigenvalue weighted by atomic mass is 10.1. The minimum Gasteiger partial charge on any atom is -0.369 e. The van der Waals surface area contributed by atoms with Gasteiger partial charge in [0.05, 0.1) is 22.3 Å². The molecule has 1 aromatic heterocycles.